The summed E-state index contributed by atoms with van der Waals surface area (Å²) in [4.78, 5) is 12.2. The maximum Gasteiger partial charge on any atom is 0.573 e. The maximum absolute atomic E-state index is 12.2. The van der Waals surface area contributed by atoms with Crippen molar-refractivity contribution in [2.75, 3.05) is 29.6 Å². The lowest BCUT2D eigenvalue weighted by atomic mass is 10.2. The Hall–Kier alpha value is -3.19. The smallest absolute Gasteiger partial charge is 0.486 e. The van der Waals surface area contributed by atoms with Crippen molar-refractivity contribution >= 4 is 45.5 Å². The van der Waals surface area contributed by atoms with Crippen LogP contribution in [-0.2, 0) is 4.79 Å². The molecule has 2 heterocycles. The summed E-state index contributed by atoms with van der Waals surface area (Å²) in [6, 6.07) is 10.4. The van der Waals surface area contributed by atoms with Crippen LogP contribution in [0.2, 0.25) is 0 Å². The van der Waals surface area contributed by atoms with Crippen LogP contribution in [0.5, 0.6) is 17.2 Å². The topological polar surface area (TPSA) is 94.6 Å². The van der Waals surface area contributed by atoms with E-state index in [9.17, 15) is 18.0 Å². The van der Waals surface area contributed by atoms with Crippen molar-refractivity contribution in [1.29, 1.82) is 0 Å². The van der Waals surface area contributed by atoms with E-state index < -0.39 is 6.36 Å². The third-order valence-corrected chi connectivity index (χ3v) is 5.87. The summed E-state index contributed by atoms with van der Waals surface area (Å²) < 4.78 is 52.0. The average molecular weight is 484 g/mol. The van der Waals surface area contributed by atoms with Crippen molar-refractivity contribution in [3.63, 3.8) is 0 Å². The summed E-state index contributed by atoms with van der Waals surface area (Å²) in [6.45, 7) is 0.949. The lowest BCUT2D eigenvalue weighted by molar-refractivity contribution is -0.274. The van der Waals surface area contributed by atoms with E-state index in [-0.39, 0.29) is 17.4 Å². The normalized spacial score (nSPS) is 12.8. The van der Waals surface area contributed by atoms with E-state index in [0.29, 0.717) is 45.6 Å². The molecule has 1 aliphatic rings. The van der Waals surface area contributed by atoms with Crippen LogP contribution in [0.15, 0.2) is 46.8 Å². The highest BCUT2D eigenvalue weighted by atomic mass is 32.2. The fourth-order valence-corrected chi connectivity index (χ4v) is 4.20. The zero-order chi connectivity index (χ0) is 22.6. The Balaban J connectivity index is 1.26. The molecule has 2 aromatic carbocycles. The van der Waals surface area contributed by atoms with Gasteiger partial charge in [0.15, 0.2) is 15.8 Å². The molecule has 1 amide bonds. The van der Waals surface area contributed by atoms with Crippen molar-refractivity contribution in [3.8, 4) is 17.2 Å². The molecular weight excluding hydrogens is 469 g/mol. The van der Waals surface area contributed by atoms with Gasteiger partial charge in [-0.2, -0.15) is 0 Å². The van der Waals surface area contributed by atoms with Crippen LogP contribution >= 0.6 is 23.1 Å². The van der Waals surface area contributed by atoms with Crippen molar-refractivity contribution < 1.29 is 32.2 Å². The number of carbonyl (C=O) groups is 1. The molecule has 4 rings (SSSR count). The molecule has 1 aliphatic heterocycles. The Morgan fingerprint density at radius 2 is 1.78 bits per heavy atom. The number of fused-ring (bicyclic) bond motifs is 1. The minimum absolute atomic E-state index is 0.118. The molecule has 13 heteroatoms. The highest BCUT2D eigenvalue weighted by Gasteiger charge is 2.31. The number of benzene rings is 2. The second-order valence-electron chi connectivity index (χ2n) is 6.27. The lowest BCUT2D eigenvalue weighted by Gasteiger charge is -2.18. The Kier molecular flexibility index (Phi) is 6.55. The van der Waals surface area contributed by atoms with E-state index in [2.05, 4.69) is 25.6 Å². The first-order valence-electron chi connectivity index (χ1n) is 9.13. The maximum atomic E-state index is 12.2. The van der Waals surface area contributed by atoms with E-state index in [1.54, 1.807) is 18.2 Å². The van der Waals surface area contributed by atoms with Gasteiger partial charge in [0.25, 0.3) is 0 Å². The SMILES string of the molecule is O=C(CSc1nnc(Nc2ccc(OC(F)(F)F)cc2)s1)Nc1ccc2c(c1)OCCO2. The molecule has 0 unspecified atom stereocenters. The molecule has 0 atom stereocenters. The van der Waals surface area contributed by atoms with Gasteiger partial charge in [-0.25, -0.2) is 0 Å². The quantitative estimate of drug-likeness (QED) is 0.467. The van der Waals surface area contributed by atoms with Gasteiger partial charge in [0.1, 0.15) is 19.0 Å². The van der Waals surface area contributed by atoms with Crippen LogP contribution in [0.4, 0.5) is 29.7 Å². The Morgan fingerprint density at radius 1 is 1.06 bits per heavy atom. The number of hydrogen-bond donors (Lipinski definition) is 2. The highest BCUT2D eigenvalue weighted by molar-refractivity contribution is 8.01. The molecular formula is C19H15F3N4O4S2. The number of thioether (sulfide) groups is 1. The minimum Gasteiger partial charge on any atom is -0.486 e. The average Bonchev–Trinajstić information content (AvgIpc) is 3.20. The van der Waals surface area contributed by atoms with Crippen LogP contribution in [0.3, 0.4) is 0 Å². The Morgan fingerprint density at radius 3 is 2.53 bits per heavy atom. The number of halogens is 3. The van der Waals surface area contributed by atoms with Gasteiger partial charge in [-0.1, -0.05) is 23.1 Å². The van der Waals surface area contributed by atoms with E-state index in [4.69, 9.17) is 9.47 Å². The number of alkyl halides is 3. The number of anilines is 3. The molecule has 3 aromatic rings. The second-order valence-corrected chi connectivity index (χ2v) is 8.47. The number of amides is 1. The Bertz CT molecular complexity index is 1090. The Labute approximate surface area is 188 Å². The first kappa shape index (κ1) is 22.0. The molecule has 0 fully saturated rings. The summed E-state index contributed by atoms with van der Waals surface area (Å²) in [5, 5.41) is 14.1. The fraction of sp³-hybridized carbons (Fsp3) is 0.211. The van der Waals surface area contributed by atoms with E-state index in [1.165, 1.54) is 47.4 Å². The van der Waals surface area contributed by atoms with Gasteiger partial charge < -0.3 is 24.8 Å². The predicted molar refractivity (Wildman–Crippen MR) is 113 cm³/mol. The molecule has 1 aromatic heterocycles. The number of aromatic nitrogens is 2. The monoisotopic (exact) mass is 484 g/mol. The standard InChI is InChI=1S/C19H15F3N4O4S2/c20-19(21,22)30-13-4-1-11(2-5-13)24-17-25-26-18(32-17)31-10-16(27)23-12-3-6-14-15(9-12)29-8-7-28-14/h1-6,9H,7-8,10H2,(H,23,27)(H,24,25). The van der Waals surface area contributed by atoms with Crippen LogP contribution in [-0.4, -0.2) is 41.4 Å². The molecule has 2 N–H and O–H groups in total. The molecule has 8 nitrogen and oxygen atoms in total. The molecule has 0 saturated carbocycles. The molecule has 0 radical (unpaired) electrons. The number of ether oxygens (including phenoxy) is 3. The number of nitrogens with zero attached hydrogens (tertiary/aromatic N) is 2. The van der Waals surface area contributed by atoms with E-state index in [1.807, 2.05) is 0 Å². The fourth-order valence-electron chi connectivity index (χ4n) is 2.63. The summed E-state index contributed by atoms with van der Waals surface area (Å²) in [5.41, 5.74) is 1.11. The molecule has 0 saturated heterocycles. The first-order valence-corrected chi connectivity index (χ1v) is 10.9. The summed E-state index contributed by atoms with van der Waals surface area (Å²) in [5.74, 6) is 0.795. The molecule has 32 heavy (non-hydrogen) atoms. The predicted octanol–water partition coefficient (Wildman–Crippen LogP) is 4.68. The molecule has 0 bridgehead atoms. The van der Waals surface area contributed by atoms with Crippen molar-refractivity contribution in [3.05, 3.63) is 42.5 Å². The summed E-state index contributed by atoms with van der Waals surface area (Å²) in [7, 11) is 0. The van der Waals surface area contributed by atoms with Crippen LogP contribution in [0.1, 0.15) is 0 Å². The lowest BCUT2D eigenvalue weighted by Crippen LogP contribution is -2.17. The van der Waals surface area contributed by atoms with Crippen molar-refractivity contribution in [2.24, 2.45) is 0 Å². The van der Waals surface area contributed by atoms with Crippen molar-refractivity contribution in [1.82, 2.24) is 10.2 Å². The third-order valence-electron chi connectivity index (χ3n) is 3.90. The number of carbonyl (C=O) groups excluding carboxylic acids is 1. The van der Waals surface area contributed by atoms with E-state index in [0.717, 1.165) is 0 Å². The van der Waals surface area contributed by atoms with Gasteiger partial charge in [0, 0.05) is 17.4 Å². The number of hydrogen-bond acceptors (Lipinski definition) is 9. The number of rotatable bonds is 7. The molecule has 0 aliphatic carbocycles. The largest absolute Gasteiger partial charge is 0.573 e. The van der Waals surface area contributed by atoms with Gasteiger partial charge in [0.05, 0.1) is 5.75 Å². The van der Waals surface area contributed by atoms with Crippen LogP contribution in [0.25, 0.3) is 0 Å². The van der Waals surface area contributed by atoms with Gasteiger partial charge in [0.2, 0.25) is 11.0 Å². The summed E-state index contributed by atoms with van der Waals surface area (Å²) >= 11 is 2.42. The van der Waals surface area contributed by atoms with Gasteiger partial charge in [-0.3, -0.25) is 4.79 Å². The minimum atomic E-state index is -4.74. The molecule has 0 spiro atoms. The number of nitrogens with one attached hydrogen (secondary N) is 2. The highest BCUT2D eigenvalue weighted by Crippen LogP contribution is 2.33. The first-order chi connectivity index (χ1) is 15.3. The second kappa shape index (κ2) is 9.53. The molecule has 168 valence electrons. The van der Waals surface area contributed by atoms with Crippen molar-refractivity contribution in [2.45, 2.75) is 10.7 Å². The third kappa shape index (κ3) is 6.17. The zero-order valence-corrected chi connectivity index (χ0v) is 17.8. The van der Waals surface area contributed by atoms with Gasteiger partial charge in [-0.15, -0.1) is 23.4 Å². The zero-order valence-electron chi connectivity index (χ0n) is 16.1. The van der Waals surface area contributed by atoms with Gasteiger partial charge >= 0.3 is 6.36 Å². The van der Waals surface area contributed by atoms with Crippen LogP contribution in [0, 0.1) is 0 Å². The van der Waals surface area contributed by atoms with E-state index >= 15 is 0 Å². The summed E-state index contributed by atoms with van der Waals surface area (Å²) in [6.07, 6.45) is -4.74. The van der Waals surface area contributed by atoms with Gasteiger partial charge in [-0.05, 0) is 36.4 Å². The van der Waals surface area contributed by atoms with Crippen LogP contribution < -0.4 is 24.8 Å².